The summed E-state index contributed by atoms with van der Waals surface area (Å²) in [5, 5.41) is 0.193. The number of allylic oxidation sites excluding steroid dienone is 4. The van der Waals surface area contributed by atoms with Gasteiger partial charge < -0.3 is 0 Å². The van der Waals surface area contributed by atoms with Gasteiger partial charge in [0.2, 0.25) is 23.6 Å². The molecule has 7 rings (SSSR count). The average molecular weight is 435 g/mol. The Balaban J connectivity index is 1.22. The van der Waals surface area contributed by atoms with E-state index in [4.69, 9.17) is 11.6 Å². The minimum atomic E-state index is -0.303. The lowest BCUT2D eigenvalue weighted by Gasteiger charge is -2.21. The lowest BCUT2D eigenvalue weighted by Crippen LogP contribution is -2.34. The number of benzene rings is 1. The van der Waals surface area contributed by atoms with Crippen molar-refractivity contribution in [2.75, 3.05) is 9.80 Å². The molecule has 0 N–H and O–H groups in total. The number of hydrogen-bond acceptors (Lipinski definition) is 4. The minimum Gasteiger partial charge on any atom is -0.274 e. The third kappa shape index (κ3) is 2.05. The standard InChI is InChI=1S/C24H19ClN2O4/c25-15-9-14(26-21(28)17-10-1-2-11(7-10)18(17)22(26)29)5-6-16(15)27-23(30)19-12-3-4-13(8-12)20(19)24(27)31/h1-6,9-13,17-20H,7-8H2. The van der Waals surface area contributed by atoms with Gasteiger partial charge in [0, 0.05) is 0 Å². The Hall–Kier alpha value is -2.73. The summed E-state index contributed by atoms with van der Waals surface area (Å²) >= 11 is 6.53. The molecule has 1 aromatic carbocycles. The maximum atomic E-state index is 13.1. The molecule has 0 radical (unpaired) electrons. The van der Waals surface area contributed by atoms with Crippen molar-refractivity contribution in [2.24, 2.45) is 47.3 Å². The second-order valence-electron chi connectivity index (χ2n) is 9.66. The van der Waals surface area contributed by atoms with Crippen LogP contribution in [0.5, 0.6) is 0 Å². The van der Waals surface area contributed by atoms with Crippen LogP contribution in [0.15, 0.2) is 42.5 Å². The summed E-state index contributed by atoms with van der Waals surface area (Å²) < 4.78 is 0. The molecular weight excluding hydrogens is 416 g/mol. The second kappa shape index (κ2) is 5.74. The van der Waals surface area contributed by atoms with E-state index in [-0.39, 0.29) is 76.0 Å². The van der Waals surface area contributed by atoms with E-state index in [0.29, 0.717) is 11.4 Å². The van der Waals surface area contributed by atoms with Crippen molar-refractivity contribution in [1.82, 2.24) is 0 Å². The summed E-state index contributed by atoms with van der Waals surface area (Å²) in [6.45, 7) is 0. The number of rotatable bonds is 2. The van der Waals surface area contributed by atoms with Gasteiger partial charge in [-0.1, -0.05) is 35.9 Å². The van der Waals surface area contributed by atoms with Crippen LogP contribution < -0.4 is 9.80 Å². The van der Waals surface area contributed by atoms with E-state index >= 15 is 0 Å². The Morgan fingerprint density at radius 3 is 1.48 bits per heavy atom. The van der Waals surface area contributed by atoms with Crippen molar-refractivity contribution < 1.29 is 19.2 Å². The molecule has 0 spiro atoms. The van der Waals surface area contributed by atoms with Crippen LogP contribution in [0.25, 0.3) is 0 Å². The molecule has 1 aromatic rings. The molecule has 8 atom stereocenters. The van der Waals surface area contributed by atoms with Gasteiger partial charge in [0.05, 0.1) is 40.1 Å². The first-order valence-corrected chi connectivity index (χ1v) is 11.3. The third-order valence-electron chi connectivity index (χ3n) is 8.37. The first kappa shape index (κ1) is 17.9. The molecule has 4 bridgehead atoms. The zero-order valence-electron chi connectivity index (χ0n) is 16.5. The number of halogens is 1. The molecule has 156 valence electrons. The van der Waals surface area contributed by atoms with Crippen LogP contribution in [0.1, 0.15) is 12.8 Å². The highest BCUT2D eigenvalue weighted by molar-refractivity contribution is 6.37. The maximum absolute atomic E-state index is 13.1. The fraction of sp³-hybridized carbons (Fsp3) is 0.417. The van der Waals surface area contributed by atoms with E-state index in [2.05, 4.69) is 24.3 Å². The highest BCUT2D eigenvalue weighted by atomic mass is 35.5. The molecule has 6 nitrogen and oxygen atoms in total. The monoisotopic (exact) mass is 434 g/mol. The van der Waals surface area contributed by atoms with Gasteiger partial charge in [0.15, 0.2) is 0 Å². The van der Waals surface area contributed by atoms with Crippen LogP contribution >= 0.6 is 11.6 Å². The van der Waals surface area contributed by atoms with E-state index in [9.17, 15) is 19.2 Å². The molecule has 2 saturated heterocycles. The number of fused-ring (bicyclic) bond motifs is 10. The highest BCUT2D eigenvalue weighted by Crippen LogP contribution is 2.55. The number of carbonyl (C=O) groups excluding carboxylic acids is 4. The Labute approximate surface area is 183 Å². The van der Waals surface area contributed by atoms with E-state index in [0.717, 1.165) is 12.8 Å². The van der Waals surface area contributed by atoms with Gasteiger partial charge in [-0.05, 0) is 54.7 Å². The summed E-state index contributed by atoms with van der Waals surface area (Å²) in [6, 6.07) is 4.74. The quantitative estimate of drug-likeness (QED) is 0.530. The largest absolute Gasteiger partial charge is 0.274 e. The number of amides is 4. The van der Waals surface area contributed by atoms with E-state index < -0.39 is 0 Å². The molecule has 4 fully saturated rings. The molecule has 0 aromatic heterocycles. The summed E-state index contributed by atoms with van der Waals surface area (Å²) in [7, 11) is 0. The van der Waals surface area contributed by atoms with Crippen LogP contribution in [0.4, 0.5) is 11.4 Å². The fourth-order valence-corrected chi connectivity index (χ4v) is 7.37. The van der Waals surface area contributed by atoms with E-state index in [1.54, 1.807) is 12.1 Å². The molecule has 7 heteroatoms. The summed E-state index contributed by atoms with van der Waals surface area (Å²) in [4.78, 5) is 54.7. The first-order chi connectivity index (χ1) is 15.0. The fourth-order valence-electron chi connectivity index (χ4n) is 7.11. The van der Waals surface area contributed by atoms with Gasteiger partial charge in [-0.25, -0.2) is 9.80 Å². The Kier molecular flexibility index (Phi) is 3.31. The van der Waals surface area contributed by atoms with Crippen LogP contribution in [0.2, 0.25) is 5.02 Å². The average Bonchev–Trinajstić information content (AvgIpc) is 3.56. The lowest BCUT2D eigenvalue weighted by molar-refractivity contribution is -0.124. The predicted molar refractivity (Wildman–Crippen MR) is 112 cm³/mol. The second-order valence-corrected chi connectivity index (χ2v) is 10.1. The molecule has 2 aliphatic heterocycles. The minimum absolute atomic E-state index is 0.123. The molecule has 6 aliphatic rings. The predicted octanol–water partition coefficient (Wildman–Crippen LogP) is 2.96. The molecule has 2 saturated carbocycles. The first-order valence-electron chi connectivity index (χ1n) is 10.9. The lowest BCUT2D eigenvalue weighted by atomic mass is 9.85. The van der Waals surface area contributed by atoms with Crippen LogP contribution in [-0.2, 0) is 19.2 Å². The number of hydrogen-bond donors (Lipinski definition) is 0. The number of nitrogens with zero attached hydrogens (tertiary/aromatic N) is 2. The third-order valence-corrected chi connectivity index (χ3v) is 8.67. The van der Waals surface area contributed by atoms with Gasteiger partial charge in [0.1, 0.15) is 0 Å². The Morgan fingerprint density at radius 2 is 1.06 bits per heavy atom. The van der Waals surface area contributed by atoms with Crippen LogP contribution in [-0.4, -0.2) is 23.6 Å². The topological polar surface area (TPSA) is 74.8 Å². The van der Waals surface area contributed by atoms with Crippen LogP contribution in [0, 0.1) is 47.3 Å². The summed E-state index contributed by atoms with van der Waals surface area (Å²) in [5.41, 5.74) is 0.730. The molecule has 4 amide bonds. The van der Waals surface area contributed by atoms with Crippen molar-refractivity contribution >= 4 is 46.6 Å². The Morgan fingerprint density at radius 1 is 0.645 bits per heavy atom. The molecular formula is C24H19ClN2O4. The van der Waals surface area contributed by atoms with Crippen LogP contribution in [0.3, 0.4) is 0 Å². The van der Waals surface area contributed by atoms with Crippen molar-refractivity contribution in [3.05, 3.63) is 47.5 Å². The molecule has 8 unspecified atom stereocenters. The van der Waals surface area contributed by atoms with Gasteiger partial charge in [-0.2, -0.15) is 0 Å². The maximum Gasteiger partial charge on any atom is 0.238 e. The van der Waals surface area contributed by atoms with Crippen molar-refractivity contribution in [2.45, 2.75) is 12.8 Å². The smallest absolute Gasteiger partial charge is 0.238 e. The van der Waals surface area contributed by atoms with Gasteiger partial charge in [-0.15, -0.1) is 0 Å². The molecule has 2 heterocycles. The number of carbonyl (C=O) groups is 4. The Bertz CT molecular complexity index is 1110. The van der Waals surface area contributed by atoms with E-state index in [1.165, 1.54) is 15.9 Å². The molecule has 31 heavy (non-hydrogen) atoms. The highest BCUT2D eigenvalue weighted by Gasteiger charge is 2.61. The number of imide groups is 2. The summed E-state index contributed by atoms with van der Waals surface area (Å²) in [6.07, 6.45) is 9.95. The molecule has 4 aliphatic carbocycles. The SMILES string of the molecule is O=C1C2C3C=CC(C3)C2C(=O)N1c1ccc(N2C(=O)C3C4C=CC(C4)C3C2=O)c(Cl)c1. The summed E-state index contributed by atoms with van der Waals surface area (Å²) in [5.74, 6) is -1.43. The normalized spacial score (nSPS) is 41.3. The number of anilines is 2. The van der Waals surface area contributed by atoms with Gasteiger partial charge in [0.25, 0.3) is 0 Å². The van der Waals surface area contributed by atoms with Crippen molar-refractivity contribution in [1.29, 1.82) is 0 Å². The van der Waals surface area contributed by atoms with E-state index in [1.807, 2.05) is 0 Å². The zero-order chi connectivity index (χ0) is 21.2. The van der Waals surface area contributed by atoms with Gasteiger partial charge >= 0.3 is 0 Å². The van der Waals surface area contributed by atoms with Crippen molar-refractivity contribution in [3.63, 3.8) is 0 Å². The van der Waals surface area contributed by atoms with Gasteiger partial charge in [-0.3, -0.25) is 19.2 Å². The zero-order valence-corrected chi connectivity index (χ0v) is 17.2. The van der Waals surface area contributed by atoms with Crippen molar-refractivity contribution in [3.8, 4) is 0 Å².